The molecule has 220 valence electrons. The van der Waals surface area contributed by atoms with Crippen molar-refractivity contribution in [3.63, 3.8) is 0 Å². The third-order valence-electron chi connectivity index (χ3n) is 6.67. The van der Waals surface area contributed by atoms with E-state index in [1.54, 1.807) is 24.3 Å². The Morgan fingerprint density at radius 2 is 1.54 bits per heavy atom. The fourth-order valence-corrected chi connectivity index (χ4v) is 5.29. The number of rotatable bonds is 13. The van der Waals surface area contributed by atoms with Gasteiger partial charge in [-0.1, -0.05) is 61.0 Å². The SMILES string of the molecule is CC[C@@H](C)NC(=O)[C@@H](Cc1ccccc1)N(Cc1ccc(Cl)cc1)C(=O)CN(c1ccc(F)cc1)S(=O)(=O)N(C)C. The van der Waals surface area contributed by atoms with Crippen molar-refractivity contribution in [1.29, 1.82) is 0 Å². The van der Waals surface area contributed by atoms with Gasteiger partial charge in [0.15, 0.2) is 0 Å². The third-order valence-corrected chi connectivity index (χ3v) is 8.74. The molecule has 0 spiro atoms. The van der Waals surface area contributed by atoms with Crippen LogP contribution in [-0.2, 0) is 32.8 Å². The summed E-state index contributed by atoms with van der Waals surface area (Å²) in [5.41, 5.74) is 1.66. The molecule has 0 saturated carbocycles. The Morgan fingerprint density at radius 1 is 0.927 bits per heavy atom. The molecular formula is C30H36ClFN4O4S. The lowest BCUT2D eigenvalue weighted by Crippen LogP contribution is -2.55. The average Bonchev–Trinajstić information content (AvgIpc) is 2.95. The van der Waals surface area contributed by atoms with Gasteiger partial charge in [0.05, 0.1) is 5.69 Å². The molecule has 0 aromatic heterocycles. The van der Waals surface area contributed by atoms with Crippen molar-refractivity contribution in [2.45, 2.75) is 45.3 Å². The summed E-state index contributed by atoms with van der Waals surface area (Å²) in [6.07, 6.45) is 0.897. The van der Waals surface area contributed by atoms with Crippen LogP contribution < -0.4 is 9.62 Å². The molecule has 0 unspecified atom stereocenters. The van der Waals surface area contributed by atoms with Gasteiger partial charge in [0.2, 0.25) is 11.8 Å². The molecule has 0 bridgehead atoms. The van der Waals surface area contributed by atoms with Crippen LogP contribution >= 0.6 is 11.6 Å². The first-order chi connectivity index (χ1) is 19.4. The highest BCUT2D eigenvalue weighted by molar-refractivity contribution is 7.90. The molecule has 0 heterocycles. The number of amides is 2. The normalized spacial score (nSPS) is 13.0. The molecule has 0 fully saturated rings. The molecule has 0 saturated heterocycles. The fourth-order valence-electron chi connectivity index (χ4n) is 4.11. The number of anilines is 1. The summed E-state index contributed by atoms with van der Waals surface area (Å²) in [4.78, 5) is 29.2. The van der Waals surface area contributed by atoms with Gasteiger partial charge < -0.3 is 10.2 Å². The van der Waals surface area contributed by atoms with E-state index in [0.717, 1.165) is 26.3 Å². The lowest BCUT2D eigenvalue weighted by Gasteiger charge is -2.35. The minimum Gasteiger partial charge on any atom is -0.352 e. The number of benzene rings is 3. The Balaban J connectivity index is 2.08. The van der Waals surface area contributed by atoms with E-state index < -0.39 is 34.5 Å². The van der Waals surface area contributed by atoms with Crippen molar-refractivity contribution in [2.75, 3.05) is 24.9 Å². The van der Waals surface area contributed by atoms with E-state index in [9.17, 15) is 22.4 Å². The minimum atomic E-state index is -4.16. The van der Waals surface area contributed by atoms with Gasteiger partial charge in [-0.25, -0.2) is 8.70 Å². The van der Waals surface area contributed by atoms with Gasteiger partial charge in [-0.3, -0.25) is 9.59 Å². The Hall–Kier alpha value is -3.47. The van der Waals surface area contributed by atoms with E-state index in [1.165, 1.54) is 31.1 Å². The summed E-state index contributed by atoms with van der Waals surface area (Å²) >= 11 is 6.08. The topological polar surface area (TPSA) is 90.0 Å². The van der Waals surface area contributed by atoms with Gasteiger partial charge in [-0.05, 0) is 60.9 Å². The molecule has 0 aliphatic heterocycles. The van der Waals surface area contributed by atoms with Crippen LogP contribution in [0.25, 0.3) is 0 Å². The number of nitrogens with one attached hydrogen (secondary N) is 1. The highest BCUT2D eigenvalue weighted by Crippen LogP contribution is 2.22. The van der Waals surface area contributed by atoms with E-state index in [-0.39, 0.29) is 30.6 Å². The predicted octanol–water partition coefficient (Wildman–Crippen LogP) is 4.65. The highest BCUT2D eigenvalue weighted by Gasteiger charge is 2.35. The third kappa shape index (κ3) is 8.76. The summed E-state index contributed by atoms with van der Waals surface area (Å²) in [5, 5.41) is 3.50. The highest BCUT2D eigenvalue weighted by atomic mass is 35.5. The zero-order valence-electron chi connectivity index (χ0n) is 23.6. The van der Waals surface area contributed by atoms with E-state index in [4.69, 9.17) is 11.6 Å². The minimum absolute atomic E-state index is 0.0285. The van der Waals surface area contributed by atoms with Crippen molar-refractivity contribution in [2.24, 2.45) is 0 Å². The molecule has 0 radical (unpaired) electrons. The molecule has 3 aromatic rings. The average molecular weight is 603 g/mol. The summed E-state index contributed by atoms with van der Waals surface area (Å²) in [6.45, 7) is 3.24. The molecule has 2 atom stereocenters. The monoisotopic (exact) mass is 602 g/mol. The van der Waals surface area contributed by atoms with Crippen LogP contribution in [0, 0.1) is 5.82 Å². The van der Waals surface area contributed by atoms with E-state index in [0.29, 0.717) is 17.0 Å². The van der Waals surface area contributed by atoms with Crippen LogP contribution in [0.3, 0.4) is 0 Å². The molecular weight excluding hydrogens is 567 g/mol. The Labute approximate surface area is 246 Å². The lowest BCUT2D eigenvalue weighted by molar-refractivity contribution is -0.140. The molecule has 3 aromatic carbocycles. The van der Waals surface area contributed by atoms with E-state index >= 15 is 0 Å². The van der Waals surface area contributed by atoms with Crippen molar-refractivity contribution in [1.82, 2.24) is 14.5 Å². The van der Waals surface area contributed by atoms with E-state index in [1.807, 2.05) is 44.2 Å². The molecule has 11 heteroatoms. The second-order valence-corrected chi connectivity index (χ2v) is 12.4. The van der Waals surface area contributed by atoms with E-state index in [2.05, 4.69) is 5.32 Å². The van der Waals surface area contributed by atoms with Gasteiger partial charge in [-0.15, -0.1) is 0 Å². The van der Waals surface area contributed by atoms with Crippen LogP contribution in [0.15, 0.2) is 78.9 Å². The fraction of sp³-hybridized carbons (Fsp3) is 0.333. The van der Waals surface area contributed by atoms with Crippen LogP contribution in [0.2, 0.25) is 5.02 Å². The number of carbonyl (C=O) groups is 2. The van der Waals surface area contributed by atoms with Crippen LogP contribution in [0.5, 0.6) is 0 Å². The molecule has 8 nitrogen and oxygen atoms in total. The Kier molecular flexibility index (Phi) is 11.3. The second-order valence-electron chi connectivity index (χ2n) is 9.94. The summed E-state index contributed by atoms with van der Waals surface area (Å²) in [7, 11) is -1.47. The number of hydrogen-bond acceptors (Lipinski definition) is 4. The zero-order chi connectivity index (χ0) is 30.2. The van der Waals surface area contributed by atoms with Gasteiger partial charge in [-0.2, -0.15) is 12.7 Å². The molecule has 3 rings (SSSR count). The summed E-state index contributed by atoms with van der Waals surface area (Å²) in [6, 6.07) is 19.9. The van der Waals surface area contributed by atoms with Crippen molar-refractivity contribution in [3.05, 3.63) is 101 Å². The molecule has 0 aliphatic rings. The smallest absolute Gasteiger partial charge is 0.304 e. The summed E-state index contributed by atoms with van der Waals surface area (Å²) < 4.78 is 42.3. The standard InChI is InChI=1S/C30H36ClFN4O4S/c1-5-22(2)33-30(38)28(19-23-9-7-6-8-10-23)35(20-24-11-13-25(31)14-12-24)29(37)21-36(41(39,40)34(3)4)27-17-15-26(32)16-18-27/h6-18,22,28H,5,19-21H2,1-4H3,(H,33,38)/t22-,28-/m1/s1. The Bertz CT molecular complexity index is 1400. The second kappa shape index (κ2) is 14.4. The maximum Gasteiger partial charge on any atom is 0.304 e. The maximum atomic E-state index is 14.1. The van der Waals surface area contributed by atoms with Gasteiger partial charge >= 0.3 is 10.2 Å². The number of halogens is 2. The van der Waals surface area contributed by atoms with Gasteiger partial charge in [0.1, 0.15) is 18.4 Å². The first-order valence-electron chi connectivity index (χ1n) is 13.3. The van der Waals surface area contributed by atoms with Crippen molar-refractivity contribution < 1.29 is 22.4 Å². The largest absolute Gasteiger partial charge is 0.352 e. The zero-order valence-corrected chi connectivity index (χ0v) is 25.2. The molecule has 41 heavy (non-hydrogen) atoms. The maximum absolute atomic E-state index is 14.1. The molecule has 2 amide bonds. The first kappa shape index (κ1) is 32.0. The van der Waals surface area contributed by atoms with Crippen LogP contribution in [0.4, 0.5) is 10.1 Å². The van der Waals surface area contributed by atoms with Gasteiger partial charge in [0.25, 0.3) is 0 Å². The first-order valence-corrected chi connectivity index (χ1v) is 15.0. The Morgan fingerprint density at radius 3 is 2.10 bits per heavy atom. The van der Waals surface area contributed by atoms with Crippen LogP contribution in [-0.4, -0.2) is 62.2 Å². The molecule has 0 aliphatic carbocycles. The predicted molar refractivity (Wildman–Crippen MR) is 160 cm³/mol. The number of hydrogen-bond donors (Lipinski definition) is 1. The quantitative estimate of drug-likeness (QED) is 0.308. The van der Waals surface area contributed by atoms with Crippen molar-refractivity contribution >= 4 is 39.3 Å². The van der Waals surface area contributed by atoms with Crippen molar-refractivity contribution in [3.8, 4) is 0 Å². The summed E-state index contributed by atoms with van der Waals surface area (Å²) in [5.74, 6) is -1.50. The number of carbonyl (C=O) groups excluding carboxylic acids is 2. The molecule has 1 N–H and O–H groups in total. The van der Waals surface area contributed by atoms with Crippen LogP contribution in [0.1, 0.15) is 31.4 Å². The van der Waals surface area contributed by atoms with Gasteiger partial charge in [0, 0.05) is 38.1 Å². The number of nitrogens with zero attached hydrogens (tertiary/aromatic N) is 3. The lowest BCUT2D eigenvalue weighted by atomic mass is 10.0.